The van der Waals surface area contributed by atoms with Crippen LogP contribution in [0.5, 0.6) is 5.75 Å². The first-order valence-corrected chi connectivity index (χ1v) is 3.77. The van der Waals surface area contributed by atoms with Gasteiger partial charge in [-0.05, 0) is 12.1 Å². The Morgan fingerprint density at radius 2 is 1.85 bits per heavy atom. The Balaban J connectivity index is 2.94. The molecule has 1 rings (SSSR count). The van der Waals surface area contributed by atoms with Crippen molar-refractivity contribution in [2.45, 2.75) is 6.36 Å². The Morgan fingerprint density at radius 3 is 2.38 bits per heavy atom. The lowest BCUT2D eigenvalue weighted by Crippen LogP contribution is -2.17. The van der Waals surface area contributed by atoms with Crippen molar-refractivity contribution < 1.29 is 17.9 Å². The monoisotopic (exact) mass is 229 g/mol. The molecule has 0 spiro atoms. The molecule has 13 heavy (non-hydrogen) atoms. The molecule has 0 aromatic heterocycles. The van der Waals surface area contributed by atoms with E-state index in [2.05, 4.69) is 10.8 Å². The summed E-state index contributed by atoms with van der Waals surface area (Å²) in [6.45, 7) is 0. The molecule has 0 atom stereocenters. The molecule has 0 aliphatic rings. The zero-order valence-electron chi connectivity index (χ0n) is 5.95. The molecule has 0 aliphatic carbocycles. The van der Waals surface area contributed by atoms with Crippen LogP contribution in [0.15, 0.2) is 12.1 Å². The van der Waals surface area contributed by atoms with Crippen molar-refractivity contribution in [3.63, 3.8) is 0 Å². The molecule has 0 bridgehead atoms. The third-order valence-electron chi connectivity index (χ3n) is 1.04. The van der Waals surface area contributed by atoms with Gasteiger partial charge in [-0.25, -0.2) is 0 Å². The Hall–Kier alpha value is -0.610. The van der Waals surface area contributed by atoms with E-state index in [9.17, 15) is 13.2 Å². The lowest BCUT2D eigenvalue weighted by atomic mass is 10.3. The number of hydrogen-bond donors (Lipinski definition) is 0. The Bertz CT molecular complexity index is 311. The number of benzene rings is 1. The summed E-state index contributed by atoms with van der Waals surface area (Å²) in [5.41, 5.74) is 0. The maximum absolute atomic E-state index is 11.7. The van der Waals surface area contributed by atoms with Crippen molar-refractivity contribution in [1.29, 1.82) is 0 Å². The normalized spacial score (nSPS) is 11.5. The highest BCUT2D eigenvalue weighted by Crippen LogP contribution is 2.31. The van der Waals surface area contributed by atoms with Gasteiger partial charge in [-0.3, -0.25) is 0 Å². The molecule has 1 nitrogen and oxygen atoms in total. The van der Waals surface area contributed by atoms with Crippen LogP contribution in [0.2, 0.25) is 10.0 Å². The molecule has 0 unspecified atom stereocenters. The van der Waals surface area contributed by atoms with Crippen LogP contribution < -0.4 is 4.74 Å². The first-order chi connectivity index (χ1) is 5.88. The van der Waals surface area contributed by atoms with Gasteiger partial charge in [0.05, 0.1) is 10.0 Å². The molecule has 0 aliphatic heterocycles. The first kappa shape index (κ1) is 10.5. The Morgan fingerprint density at radius 1 is 1.23 bits per heavy atom. The van der Waals surface area contributed by atoms with E-state index in [-0.39, 0.29) is 10.0 Å². The molecule has 6 heteroatoms. The van der Waals surface area contributed by atoms with Crippen LogP contribution in [-0.2, 0) is 0 Å². The first-order valence-electron chi connectivity index (χ1n) is 3.01. The fraction of sp³-hybridized carbons (Fsp3) is 0.143. The van der Waals surface area contributed by atoms with Crippen LogP contribution >= 0.6 is 23.2 Å². The summed E-state index contributed by atoms with van der Waals surface area (Å²) in [6.07, 6.45) is -4.79. The molecule has 1 aromatic carbocycles. The highest BCUT2D eigenvalue weighted by Gasteiger charge is 2.32. The standard InChI is InChI=1S/C7H2Cl2F3O/c8-4-1-2-5(9)6(3-4)13-7(10,11)12/h1-2H. The number of halogens is 5. The maximum atomic E-state index is 11.7. The van der Waals surface area contributed by atoms with Crippen molar-refractivity contribution in [1.82, 2.24) is 0 Å². The second-order valence-corrected chi connectivity index (χ2v) is 2.85. The van der Waals surface area contributed by atoms with Crippen molar-refractivity contribution >= 4 is 23.2 Å². The van der Waals surface area contributed by atoms with Crippen LogP contribution in [0.3, 0.4) is 0 Å². The number of alkyl halides is 3. The van der Waals surface area contributed by atoms with Gasteiger partial charge >= 0.3 is 6.36 Å². The number of hydrogen-bond acceptors (Lipinski definition) is 1. The third kappa shape index (κ3) is 3.32. The number of rotatable bonds is 1. The number of ether oxygens (including phenoxy) is 1. The highest BCUT2D eigenvalue weighted by molar-refractivity contribution is 6.34. The molecule has 71 valence electrons. The van der Waals surface area contributed by atoms with Gasteiger partial charge in [0, 0.05) is 6.07 Å². The van der Waals surface area contributed by atoms with Crippen LogP contribution in [0.25, 0.3) is 0 Å². The predicted molar refractivity (Wildman–Crippen MR) is 42.0 cm³/mol. The lowest BCUT2D eigenvalue weighted by molar-refractivity contribution is -0.274. The average molecular weight is 230 g/mol. The summed E-state index contributed by atoms with van der Waals surface area (Å²) in [5.74, 6) is -0.623. The SMILES string of the molecule is FC(F)(F)Oc1[c]c(Cl)ccc1Cl. The zero-order valence-corrected chi connectivity index (χ0v) is 7.46. The Kier molecular flexibility index (Phi) is 2.93. The second kappa shape index (κ2) is 3.64. The quantitative estimate of drug-likeness (QED) is 0.714. The van der Waals surface area contributed by atoms with Crippen LogP contribution in [0.1, 0.15) is 0 Å². The smallest absolute Gasteiger partial charge is 0.403 e. The molecular formula is C7H2Cl2F3O. The molecule has 0 saturated carbocycles. The van der Waals surface area contributed by atoms with Gasteiger partial charge in [-0.2, -0.15) is 0 Å². The van der Waals surface area contributed by atoms with E-state index in [1.807, 2.05) is 0 Å². The summed E-state index contributed by atoms with van der Waals surface area (Å²) < 4.78 is 38.7. The van der Waals surface area contributed by atoms with Crippen LogP contribution in [0.4, 0.5) is 13.2 Å². The summed E-state index contributed by atoms with van der Waals surface area (Å²) in [4.78, 5) is 0. The van der Waals surface area contributed by atoms with Crippen LogP contribution in [-0.4, -0.2) is 6.36 Å². The minimum Gasteiger partial charge on any atom is -0.403 e. The molecule has 0 amide bonds. The van der Waals surface area contributed by atoms with Crippen molar-refractivity contribution in [3.8, 4) is 5.75 Å². The molecule has 1 aromatic rings. The summed E-state index contributed by atoms with van der Waals surface area (Å²) >= 11 is 10.8. The van der Waals surface area contributed by atoms with Gasteiger partial charge in [0.25, 0.3) is 0 Å². The summed E-state index contributed by atoms with van der Waals surface area (Å²) in [6, 6.07) is 4.63. The highest BCUT2D eigenvalue weighted by atomic mass is 35.5. The van der Waals surface area contributed by atoms with E-state index >= 15 is 0 Å². The molecule has 0 saturated heterocycles. The minimum absolute atomic E-state index is 0.00338. The van der Waals surface area contributed by atoms with E-state index in [0.717, 1.165) is 0 Å². The van der Waals surface area contributed by atoms with Crippen molar-refractivity contribution in [3.05, 3.63) is 28.2 Å². The summed E-state index contributed by atoms with van der Waals surface area (Å²) in [5, 5.41) is -0.189. The molecule has 0 heterocycles. The predicted octanol–water partition coefficient (Wildman–Crippen LogP) is 3.69. The van der Waals surface area contributed by atoms with E-state index in [4.69, 9.17) is 23.2 Å². The van der Waals surface area contributed by atoms with Gasteiger partial charge in [-0.1, -0.05) is 23.2 Å². The second-order valence-electron chi connectivity index (χ2n) is 2.03. The van der Waals surface area contributed by atoms with E-state index < -0.39 is 12.1 Å². The van der Waals surface area contributed by atoms with E-state index in [1.165, 1.54) is 12.1 Å². The van der Waals surface area contributed by atoms with Gasteiger partial charge in [0.2, 0.25) is 0 Å². The molecule has 0 fully saturated rings. The van der Waals surface area contributed by atoms with Crippen molar-refractivity contribution in [2.24, 2.45) is 0 Å². The average Bonchev–Trinajstić information content (AvgIpc) is 1.94. The van der Waals surface area contributed by atoms with Gasteiger partial charge < -0.3 is 4.74 Å². The largest absolute Gasteiger partial charge is 0.573 e. The van der Waals surface area contributed by atoms with Crippen LogP contribution in [0, 0.1) is 6.07 Å². The maximum Gasteiger partial charge on any atom is 0.573 e. The fourth-order valence-electron chi connectivity index (χ4n) is 0.622. The Labute approximate surface area is 82.0 Å². The fourth-order valence-corrected chi connectivity index (χ4v) is 0.919. The lowest BCUT2D eigenvalue weighted by Gasteiger charge is -2.09. The minimum atomic E-state index is -4.79. The summed E-state index contributed by atoms with van der Waals surface area (Å²) in [7, 11) is 0. The van der Waals surface area contributed by atoms with Crippen molar-refractivity contribution in [2.75, 3.05) is 0 Å². The van der Waals surface area contributed by atoms with E-state index in [1.54, 1.807) is 0 Å². The van der Waals surface area contributed by atoms with Gasteiger partial charge in [0.1, 0.15) is 0 Å². The van der Waals surface area contributed by atoms with E-state index in [0.29, 0.717) is 0 Å². The zero-order chi connectivity index (χ0) is 10.1. The van der Waals surface area contributed by atoms with Gasteiger partial charge in [0.15, 0.2) is 5.75 Å². The topological polar surface area (TPSA) is 9.23 Å². The molecule has 0 N–H and O–H groups in total. The molecular weight excluding hydrogens is 228 g/mol. The third-order valence-corrected chi connectivity index (χ3v) is 1.56. The molecule has 1 radical (unpaired) electrons. The van der Waals surface area contributed by atoms with Gasteiger partial charge in [-0.15, -0.1) is 13.2 Å².